The predicted octanol–water partition coefficient (Wildman–Crippen LogP) is 3.00. The summed E-state index contributed by atoms with van der Waals surface area (Å²) >= 11 is 0. The van der Waals surface area contributed by atoms with Crippen LogP contribution in [0.15, 0.2) is 23.2 Å². The minimum Gasteiger partial charge on any atom is -0.370 e. The zero-order valence-corrected chi connectivity index (χ0v) is 15.7. The fraction of sp³-hybridized carbons (Fsp3) is 0.588. The summed E-state index contributed by atoms with van der Waals surface area (Å²) in [5, 5.41) is 3.32. The smallest absolute Gasteiger partial charge is 0.193 e. The monoisotopic (exact) mass is 414 g/mol. The first-order valence-electron chi connectivity index (χ1n) is 8.12. The zero-order valence-electron chi connectivity index (χ0n) is 13.3. The number of nitrogens with zero attached hydrogens (tertiary/aromatic N) is 2. The third-order valence-electron chi connectivity index (χ3n) is 4.80. The normalized spacial score (nSPS) is 22.0. The van der Waals surface area contributed by atoms with Crippen molar-refractivity contribution in [3.63, 3.8) is 0 Å². The van der Waals surface area contributed by atoms with E-state index in [0.717, 1.165) is 18.7 Å². The fourth-order valence-corrected chi connectivity index (χ4v) is 3.49. The molecule has 2 aliphatic rings. The Bertz CT molecular complexity index is 529. The molecule has 22 heavy (non-hydrogen) atoms. The molecule has 122 valence electrons. The number of benzene rings is 1. The lowest BCUT2D eigenvalue weighted by Gasteiger charge is -2.20. The van der Waals surface area contributed by atoms with Gasteiger partial charge in [-0.15, -0.1) is 24.0 Å². The van der Waals surface area contributed by atoms with Crippen molar-refractivity contribution in [2.24, 2.45) is 10.7 Å². The van der Waals surface area contributed by atoms with Crippen LogP contribution in [0.3, 0.4) is 0 Å². The molecule has 4 nitrogen and oxygen atoms in total. The van der Waals surface area contributed by atoms with Crippen molar-refractivity contribution in [1.29, 1.82) is 0 Å². The third-order valence-corrected chi connectivity index (χ3v) is 4.80. The molecule has 1 aliphatic heterocycles. The van der Waals surface area contributed by atoms with Crippen molar-refractivity contribution in [3.8, 4) is 0 Å². The Balaban J connectivity index is 0.00000176. The summed E-state index contributed by atoms with van der Waals surface area (Å²) in [7, 11) is 2.17. The zero-order chi connectivity index (χ0) is 14.7. The molecular weight excluding hydrogens is 387 g/mol. The Morgan fingerprint density at radius 2 is 2.14 bits per heavy atom. The first-order chi connectivity index (χ1) is 10.2. The van der Waals surface area contributed by atoms with Crippen LogP contribution in [-0.4, -0.2) is 37.0 Å². The Morgan fingerprint density at radius 3 is 2.91 bits per heavy atom. The maximum Gasteiger partial charge on any atom is 0.193 e. The lowest BCUT2D eigenvalue weighted by atomic mass is 9.90. The standard InChI is InChI=1S/C17H26N4.HI/c1-21-11-5-8-14(21)12-19-17(18)20-16-10-4-7-13-6-2-3-9-15(13)16;/h4,7,10,14H,2-3,5-6,8-9,11-12H2,1H3,(H3,18,19,20);1H. The van der Waals surface area contributed by atoms with Crippen LogP contribution in [0.1, 0.15) is 36.8 Å². The number of likely N-dealkylation sites (N-methyl/N-ethyl adjacent to an activating group) is 1. The molecule has 3 N–H and O–H groups in total. The molecule has 1 saturated heterocycles. The molecule has 1 atom stereocenters. The van der Waals surface area contributed by atoms with Gasteiger partial charge in [0.2, 0.25) is 0 Å². The van der Waals surface area contributed by atoms with Crippen LogP contribution >= 0.6 is 24.0 Å². The molecule has 0 bridgehead atoms. The summed E-state index contributed by atoms with van der Waals surface area (Å²) in [6, 6.07) is 7.02. The highest BCUT2D eigenvalue weighted by Crippen LogP contribution is 2.27. The van der Waals surface area contributed by atoms with Gasteiger partial charge in [-0.1, -0.05) is 12.1 Å². The van der Waals surface area contributed by atoms with Crippen LogP contribution in [0.5, 0.6) is 0 Å². The highest BCUT2D eigenvalue weighted by Gasteiger charge is 2.20. The van der Waals surface area contributed by atoms with Gasteiger partial charge in [0.05, 0.1) is 6.54 Å². The molecule has 1 aromatic rings. The quantitative estimate of drug-likeness (QED) is 0.454. The number of rotatable bonds is 3. The molecule has 1 fully saturated rings. The van der Waals surface area contributed by atoms with Crippen molar-refractivity contribution < 1.29 is 0 Å². The van der Waals surface area contributed by atoms with Gasteiger partial charge >= 0.3 is 0 Å². The molecule has 1 unspecified atom stereocenters. The number of nitrogens with one attached hydrogen (secondary N) is 1. The van der Waals surface area contributed by atoms with Gasteiger partial charge in [-0.3, -0.25) is 4.99 Å². The first kappa shape index (κ1) is 17.5. The lowest BCUT2D eigenvalue weighted by Crippen LogP contribution is -2.30. The highest BCUT2D eigenvalue weighted by molar-refractivity contribution is 14.0. The Kier molecular flexibility index (Phi) is 6.50. The van der Waals surface area contributed by atoms with Crippen LogP contribution in [0.25, 0.3) is 0 Å². The van der Waals surface area contributed by atoms with Gasteiger partial charge in [0.1, 0.15) is 0 Å². The number of nitrogens with two attached hydrogens (primary N) is 1. The number of anilines is 1. The molecule has 0 aromatic heterocycles. The lowest BCUT2D eigenvalue weighted by molar-refractivity contribution is 0.317. The number of halogens is 1. The van der Waals surface area contributed by atoms with E-state index in [4.69, 9.17) is 5.73 Å². The largest absolute Gasteiger partial charge is 0.370 e. The van der Waals surface area contributed by atoms with Crippen molar-refractivity contribution in [3.05, 3.63) is 29.3 Å². The van der Waals surface area contributed by atoms with Gasteiger partial charge in [0.25, 0.3) is 0 Å². The molecule has 5 heteroatoms. The van der Waals surface area contributed by atoms with Gasteiger partial charge in [-0.2, -0.15) is 0 Å². The molecule has 1 aliphatic carbocycles. The Labute approximate surface area is 150 Å². The number of likely N-dealkylation sites (tertiary alicyclic amines) is 1. The van der Waals surface area contributed by atoms with Gasteiger partial charge in [-0.25, -0.2) is 0 Å². The van der Waals surface area contributed by atoms with E-state index < -0.39 is 0 Å². The summed E-state index contributed by atoms with van der Waals surface area (Å²) in [5.74, 6) is 0.550. The maximum absolute atomic E-state index is 6.08. The summed E-state index contributed by atoms with van der Waals surface area (Å²) in [6.45, 7) is 1.98. The van der Waals surface area contributed by atoms with Crippen LogP contribution in [0.2, 0.25) is 0 Å². The van der Waals surface area contributed by atoms with E-state index in [2.05, 4.69) is 40.5 Å². The van der Waals surface area contributed by atoms with Gasteiger partial charge < -0.3 is 16.0 Å². The molecule has 1 aromatic carbocycles. The van der Waals surface area contributed by atoms with E-state index >= 15 is 0 Å². The topological polar surface area (TPSA) is 53.6 Å². The Hall–Kier alpha value is -0.820. The molecule has 0 saturated carbocycles. The van der Waals surface area contributed by atoms with Crippen LogP contribution in [-0.2, 0) is 12.8 Å². The van der Waals surface area contributed by atoms with Crippen molar-refractivity contribution >= 4 is 35.6 Å². The minimum atomic E-state index is 0. The second kappa shape index (κ2) is 8.15. The van der Waals surface area contributed by atoms with E-state index in [1.807, 2.05) is 0 Å². The molecule has 0 spiro atoms. The van der Waals surface area contributed by atoms with E-state index in [1.54, 1.807) is 0 Å². The number of hydrogen-bond donors (Lipinski definition) is 2. The van der Waals surface area contributed by atoms with Gasteiger partial charge in [-0.05, 0) is 69.3 Å². The van der Waals surface area contributed by atoms with Crippen molar-refractivity contribution in [1.82, 2.24) is 4.90 Å². The van der Waals surface area contributed by atoms with Crippen LogP contribution in [0, 0.1) is 0 Å². The highest BCUT2D eigenvalue weighted by atomic mass is 127. The van der Waals surface area contributed by atoms with E-state index in [0.29, 0.717) is 12.0 Å². The molecule has 1 heterocycles. The van der Waals surface area contributed by atoms with Crippen molar-refractivity contribution in [2.45, 2.75) is 44.6 Å². The second-order valence-electron chi connectivity index (χ2n) is 6.28. The Morgan fingerprint density at radius 1 is 1.32 bits per heavy atom. The fourth-order valence-electron chi connectivity index (χ4n) is 3.49. The molecule has 0 radical (unpaired) electrons. The molecule has 0 amide bonds. The number of aryl methyl sites for hydroxylation is 1. The summed E-state index contributed by atoms with van der Waals surface area (Å²) in [5.41, 5.74) is 10.1. The summed E-state index contributed by atoms with van der Waals surface area (Å²) in [4.78, 5) is 6.92. The van der Waals surface area contributed by atoms with Crippen molar-refractivity contribution in [2.75, 3.05) is 25.5 Å². The SMILES string of the molecule is CN1CCCC1CN=C(N)Nc1cccc2c1CCCC2.I. The van der Waals surface area contributed by atoms with Crippen LogP contribution < -0.4 is 11.1 Å². The maximum atomic E-state index is 6.08. The van der Waals surface area contributed by atoms with E-state index in [-0.39, 0.29) is 24.0 Å². The van der Waals surface area contributed by atoms with E-state index in [9.17, 15) is 0 Å². The van der Waals surface area contributed by atoms with Crippen LogP contribution in [0.4, 0.5) is 5.69 Å². The first-order valence-corrected chi connectivity index (χ1v) is 8.12. The van der Waals surface area contributed by atoms with Gasteiger partial charge in [0.15, 0.2) is 5.96 Å². The van der Waals surface area contributed by atoms with Gasteiger partial charge in [0, 0.05) is 11.7 Å². The predicted molar refractivity (Wildman–Crippen MR) is 104 cm³/mol. The number of hydrogen-bond acceptors (Lipinski definition) is 2. The number of aliphatic imine (C=N–C) groups is 1. The molecule has 3 rings (SSSR count). The number of fused-ring (bicyclic) bond motifs is 1. The summed E-state index contributed by atoms with van der Waals surface area (Å²) < 4.78 is 0. The third kappa shape index (κ3) is 4.13. The minimum absolute atomic E-state index is 0. The average Bonchev–Trinajstić information content (AvgIpc) is 2.91. The summed E-state index contributed by atoms with van der Waals surface area (Å²) in [6.07, 6.45) is 7.42. The second-order valence-corrected chi connectivity index (χ2v) is 6.28. The average molecular weight is 414 g/mol. The molecular formula is C17H27IN4. The van der Waals surface area contributed by atoms with E-state index in [1.165, 1.54) is 49.8 Å². The number of guanidine groups is 1.